The van der Waals surface area contributed by atoms with Gasteiger partial charge in [0.1, 0.15) is 0 Å². The number of hydrogen-bond donors (Lipinski definition) is 2. The zero-order valence-corrected chi connectivity index (χ0v) is 14.0. The highest BCUT2D eigenvalue weighted by Crippen LogP contribution is 2.19. The minimum atomic E-state index is -0.0591. The second-order valence-electron chi connectivity index (χ2n) is 5.03. The standard InChI is InChI=1S/C17H19BrN2O/c1-11-10-14(6-9-16(11)19-3)17(21)20-12(2)13-4-7-15(18)8-5-13/h4-10,12,19H,1-3H3,(H,20,21). The Morgan fingerprint density at radius 1 is 1.14 bits per heavy atom. The molecule has 0 saturated heterocycles. The van der Waals surface area contributed by atoms with Crippen molar-refractivity contribution in [2.75, 3.05) is 12.4 Å². The van der Waals surface area contributed by atoms with Crippen LogP contribution in [0.3, 0.4) is 0 Å². The van der Waals surface area contributed by atoms with Gasteiger partial charge >= 0.3 is 0 Å². The number of benzene rings is 2. The number of anilines is 1. The lowest BCUT2D eigenvalue weighted by atomic mass is 10.1. The topological polar surface area (TPSA) is 41.1 Å². The zero-order chi connectivity index (χ0) is 15.4. The third-order valence-electron chi connectivity index (χ3n) is 3.48. The first kappa shape index (κ1) is 15.6. The van der Waals surface area contributed by atoms with Crippen molar-refractivity contribution in [1.82, 2.24) is 5.32 Å². The summed E-state index contributed by atoms with van der Waals surface area (Å²) < 4.78 is 1.03. The molecule has 0 aliphatic rings. The van der Waals surface area contributed by atoms with Crippen LogP contribution in [-0.4, -0.2) is 13.0 Å². The van der Waals surface area contributed by atoms with Crippen LogP contribution in [0.1, 0.15) is 34.5 Å². The van der Waals surface area contributed by atoms with Crippen LogP contribution in [0.5, 0.6) is 0 Å². The molecule has 1 atom stereocenters. The summed E-state index contributed by atoms with van der Waals surface area (Å²) in [7, 11) is 1.87. The summed E-state index contributed by atoms with van der Waals surface area (Å²) in [6.07, 6.45) is 0. The van der Waals surface area contributed by atoms with Crippen LogP contribution >= 0.6 is 15.9 Å². The summed E-state index contributed by atoms with van der Waals surface area (Å²) in [5.74, 6) is -0.0591. The number of rotatable bonds is 4. The Labute approximate surface area is 133 Å². The van der Waals surface area contributed by atoms with Crippen LogP contribution in [0.25, 0.3) is 0 Å². The zero-order valence-electron chi connectivity index (χ0n) is 12.4. The maximum absolute atomic E-state index is 12.3. The first-order valence-electron chi connectivity index (χ1n) is 6.86. The van der Waals surface area contributed by atoms with Crippen LogP contribution in [0.4, 0.5) is 5.69 Å². The molecule has 0 radical (unpaired) electrons. The van der Waals surface area contributed by atoms with E-state index < -0.39 is 0 Å². The van der Waals surface area contributed by atoms with Crippen molar-refractivity contribution in [2.24, 2.45) is 0 Å². The molecular formula is C17H19BrN2O. The van der Waals surface area contributed by atoms with Crippen molar-refractivity contribution in [3.63, 3.8) is 0 Å². The van der Waals surface area contributed by atoms with Crippen LogP contribution in [-0.2, 0) is 0 Å². The smallest absolute Gasteiger partial charge is 0.251 e. The molecule has 110 valence electrons. The molecule has 0 spiro atoms. The highest BCUT2D eigenvalue weighted by atomic mass is 79.9. The largest absolute Gasteiger partial charge is 0.388 e. The Bertz CT molecular complexity index is 638. The van der Waals surface area contributed by atoms with Gasteiger partial charge in [0.05, 0.1) is 6.04 Å². The summed E-state index contributed by atoms with van der Waals surface area (Å²) in [6.45, 7) is 3.97. The van der Waals surface area contributed by atoms with E-state index >= 15 is 0 Å². The van der Waals surface area contributed by atoms with E-state index in [9.17, 15) is 4.79 Å². The molecule has 0 aromatic heterocycles. The highest BCUT2D eigenvalue weighted by molar-refractivity contribution is 9.10. The molecule has 0 fully saturated rings. The van der Waals surface area contributed by atoms with Gasteiger partial charge in [-0.1, -0.05) is 28.1 Å². The molecule has 0 aliphatic carbocycles. The molecule has 2 aromatic rings. The lowest BCUT2D eigenvalue weighted by molar-refractivity contribution is 0.0940. The molecule has 0 heterocycles. The van der Waals surface area contributed by atoms with E-state index in [0.29, 0.717) is 5.56 Å². The van der Waals surface area contributed by atoms with Crippen molar-refractivity contribution in [2.45, 2.75) is 19.9 Å². The first-order chi connectivity index (χ1) is 10.0. The molecule has 0 aliphatic heterocycles. The summed E-state index contributed by atoms with van der Waals surface area (Å²) in [4.78, 5) is 12.3. The quantitative estimate of drug-likeness (QED) is 0.866. The van der Waals surface area contributed by atoms with Gasteiger partial charge in [-0.15, -0.1) is 0 Å². The summed E-state index contributed by atoms with van der Waals surface area (Å²) in [5.41, 5.74) is 3.85. The molecule has 1 amide bonds. The average molecular weight is 347 g/mol. The van der Waals surface area contributed by atoms with Crippen molar-refractivity contribution in [3.8, 4) is 0 Å². The normalized spacial score (nSPS) is 11.8. The molecule has 0 saturated carbocycles. The fourth-order valence-corrected chi connectivity index (χ4v) is 2.46. The monoisotopic (exact) mass is 346 g/mol. The predicted molar refractivity (Wildman–Crippen MR) is 90.7 cm³/mol. The van der Waals surface area contributed by atoms with Crippen LogP contribution in [0.15, 0.2) is 46.9 Å². The van der Waals surface area contributed by atoms with Gasteiger partial charge in [0.15, 0.2) is 0 Å². The van der Waals surface area contributed by atoms with E-state index in [1.807, 2.05) is 63.4 Å². The predicted octanol–water partition coefficient (Wildman–Crippen LogP) is 4.29. The van der Waals surface area contributed by atoms with Crippen molar-refractivity contribution in [3.05, 3.63) is 63.6 Å². The minimum absolute atomic E-state index is 0.0325. The molecule has 0 bridgehead atoms. The van der Waals surface area contributed by atoms with Crippen molar-refractivity contribution < 1.29 is 4.79 Å². The lowest BCUT2D eigenvalue weighted by Gasteiger charge is -2.15. The Morgan fingerprint density at radius 2 is 1.81 bits per heavy atom. The number of carbonyl (C=O) groups excluding carboxylic acids is 1. The summed E-state index contributed by atoms with van der Waals surface area (Å²) in [6, 6.07) is 13.6. The Kier molecular flexibility index (Phi) is 5.02. The van der Waals surface area contributed by atoms with Gasteiger partial charge in [0.25, 0.3) is 5.91 Å². The van der Waals surface area contributed by atoms with E-state index in [2.05, 4.69) is 26.6 Å². The van der Waals surface area contributed by atoms with Gasteiger partial charge in [-0.25, -0.2) is 0 Å². The number of nitrogens with one attached hydrogen (secondary N) is 2. The van der Waals surface area contributed by atoms with E-state index in [1.54, 1.807) is 0 Å². The van der Waals surface area contributed by atoms with Gasteiger partial charge in [0, 0.05) is 22.8 Å². The molecule has 2 N–H and O–H groups in total. The van der Waals surface area contributed by atoms with E-state index in [1.165, 1.54) is 0 Å². The van der Waals surface area contributed by atoms with Crippen molar-refractivity contribution in [1.29, 1.82) is 0 Å². The summed E-state index contributed by atoms with van der Waals surface area (Å²) in [5, 5.41) is 6.12. The molecule has 2 aromatic carbocycles. The molecular weight excluding hydrogens is 328 g/mol. The Balaban J connectivity index is 2.10. The van der Waals surface area contributed by atoms with Gasteiger partial charge in [-0.05, 0) is 55.3 Å². The highest BCUT2D eigenvalue weighted by Gasteiger charge is 2.12. The van der Waals surface area contributed by atoms with Gasteiger partial charge in [-0.3, -0.25) is 4.79 Å². The molecule has 3 nitrogen and oxygen atoms in total. The van der Waals surface area contributed by atoms with Gasteiger partial charge in [0.2, 0.25) is 0 Å². The van der Waals surface area contributed by atoms with E-state index in [0.717, 1.165) is 21.3 Å². The number of aryl methyl sites for hydroxylation is 1. The Hall–Kier alpha value is -1.81. The van der Waals surface area contributed by atoms with Crippen molar-refractivity contribution >= 4 is 27.5 Å². The number of halogens is 1. The SMILES string of the molecule is CNc1ccc(C(=O)NC(C)c2ccc(Br)cc2)cc1C. The Morgan fingerprint density at radius 3 is 2.38 bits per heavy atom. The van der Waals surface area contributed by atoms with E-state index in [-0.39, 0.29) is 11.9 Å². The maximum atomic E-state index is 12.3. The fourth-order valence-electron chi connectivity index (χ4n) is 2.20. The number of carbonyl (C=O) groups is 1. The fraction of sp³-hybridized carbons (Fsp3) is 0.235. The summed E-state index contributed by atoms with van der Waals surface area (Å²) >= 11 is 3.41. The molecule has 21 heavy (non-hydrogen) atoms. The molecule has 2 rings (SSSR count). The van der Waals surface area contributed by atoms with Crippen LogP contribution in [0.2, 0.25) is 0 Å². The third kappa shape index (κ3) is 3.85. The lowest BCUT2D eigenvalue weighted by Crippen LogP contribution is -2.26. The maximum Gasteiger partial charge on any atom is 0.251 e. The first-order valence-corrected chi connectivity index (χ1v) is 7.65. The number of hydrogen-bond acceptors (Lipinski definition) is 2. The van der Waals surface area contributed by atoms with Gasteiger partial charge in [-0.2, -0.15) is 0 Å². The third-order valence-corrected chi connectivity index (χ3v) is 4.00. The second kappa shape index (κ2) is 6.76. The molecule has 4 heteroatoms. The minimum Gasteiger partial charge on any atom is -0.388 e. The van der Waals surface area contributed by atoms with Crippen LogP contribution in [0, 0.1) is 6.92 Å². The molecule has 1 unspecified atom stereocenters. The van der Waals surface area contributed by atoms with Gasteiger partial charge < -0.3 is 10.6 Å². The van der Waals surface area contributed by atoms with Crippen LogP contribution < -0.4 is 10.6 Å². The average Bonchev–Trinajstić information content (AvgIpc) is 2.47. The number of amides is 1. The second-order valence-corrected chi connectivity index (χ2v) is 5.94. The van der Waals surface area contributed by atoms with E-state index in [4.69, 9.17) is 0 Å².